The molecule has 0 amide bonds. The van der Waals surface area contributed by atoms with Crippen LogP contribution in [0.15, 0.2) is 103 Å². The van der Waals surface area contributed by atoms with Crippen molar-refractivity contribution in [3.63, 3.8) is 0 Å². The first-order valence-corrected chi connectivity index (χ1v) is 18.7. The van der Waals surface area contributed by atoms with E-state index in [4.69, 9.17) is 37.9 Å². The molecule has 1 aliphatic heterocycles. The van der Waals surface area contributed by atoms with Crippen LogP contribution in [0.5, 0.6) is 5.75 Å². The summed E-state index contributed by atoms with van der Waals surface area (Å²) in [4.78, 5) is 26.2. The number of benzene rings is 2. The molecule has 10 heteroatoms. The minimum Gasteiger partial charge on any atom is -0.497 e. The van der Waals surface area contributed by atoms with Gasteiger partial charge in [-0.2, -0.15) is 0 Å². The molecular formula is C44H60O10. The van der Waals surface area contributed by atoms with E-state index in [1.165, 1.54) is 26.4 Å². The minimum atomic E-state index is -1.55. The van der Waals surface area contributed by atoms with Gasteiger partial charge in [0.1, 0.15) is 12.5 Å². The fourth-order valence-electron chi connectivity index (χ4n) is 6.24. The fraction of sp³-hybridized carbons (Fsp3) is 0.500. The number of carbonyl (C=O) groups is 2. The summed E-state index contributed by atoms with van der Waals surface area (Å²) in [5.74, 6) is -1.99. The van der Waals surface area contributed by atoms with Crippen molar-refractivity contribution in [1.29, 1.82) is 0 Å². The Morgan fingerprint density at radius 2 is 1.65 bits per heavy atom. The predicted molar refractivity (Wildman–Crippen MR) is 208 cm³/mol. The standard InChI is InChI=1S/C44H60O10/c1-9-11-13-14-18-21-40(45)53-42-36(28-41(46)48-7)27-38(54-44(42,49-8)43(4,5)26-12-10-2)29-39(51-31-35-22-24-37(47-6)25-23-35)33(3)52-32-50-30-34-19-16-15-17-20-34/h12-26,28,33,38-39,42H,9-11,27,29-32H2,1-8H3/b14-13+,21-18+,26-12+,36-28+/t33-,38+,39-,42+,44-/m1/s1. The summed E-state index contributed by atoms with van der Waals surface area (Å²) >= 11 is 0. The number of methoxy groups -OCH3 is 3. The first-order chi connectivity index (χ1) is 26.0. The van der Waals surface area contributed by atoms with Crippen LogP contribution in [0.1, 0.15) is 77.8 Å². The first kappa shape index (κ1) is 44.3. The van der Waals surface area contributed by atoms with Gasteiger partial charge in [-0.15, -0.1) is 0 Å². The highest BCUT2D eigenvalue weighted by atomic mass is 16.7. The highest BCUT2D eigenvalue weighted by Gasteiger charge is 2.59. The van der Waals surface area contributed by atoms with Gasteiger partial charge in [0.2, 0.25) is 5.79 Å². The molecule has 10 nitrogen and oxygen atoms in total. The number of esters is 2. The van der Waals surface area contributed by atoms with Crippen LogP contribution in [0, 0.1) is 5.41 Å². The number of hydrogen-bond acceptors (Lipinski definition) is 10. The zero-order valence-electron chi connectivity index (χ0n) is 33.3. The van der Waals surface area contributed by atoms with E-state index in [0.717, 1.165) is 36.1 Å². The van der Waals surface area contributed by atoms with Gasteiger partial charge in [-0.05, 0) is 55.0 Å². The summed E-state index contributed by atoms with van der Waals surface area (Å²) < 4.78 is 48.5. The Labute approximate surface area is 322 Å². The first-order valence-electron chi connectivity index (χ1n) is 18.7. The Bertz CT molecular complexity index is 1530. The Kier molecular flexibility index (Phi) is 18.9. The lowest BCUT2D eigenvalue weighted by Gasteiger charge is -2.53. The van der Waals surface area contributed by atoms with Gasteiger partial charge in [0.05, 0.1) is 45.7 Å². The lowest BCUT2D eigenvalue weighted by Crippen LogP contribution is -2.63. The summed E-state index contributed by atoms with van der Waals surface area (Å²) in [6.07, 6.45) is 12.8. The largest absolute Gasteiger partial charge is 0.497 e. The molecule has 2 aromatic carbocycles. The Balaban J connectivity index is 1.98. The second kappa shape index (κ2) is 23.0. The Hall–Kier alpha value is -4.06. The molecular weight excluding hydrogens is 688 g/mol. The predicted octanol–water partition coefficient (Wildman–Crippen LogP) is 8.60. The number of hydrogen-bond donors (Lipinski definition) is 0. The molecule has 1 heterocycles. The summed E-state index contributed by atoms with van der Waals surface area (Å²) in [6, 6.07) is 17.5. The number of ether oxygens (including phenoxy) is 8. The van der Waals surface area contributed by atoms with Crippen LogP contribution >= 0.6 is 0 Å². The van der Waals surface area contributed by atoms with Crippen molar-refractivity contribution in [1.82, 2.24) is 0 Å². The molecule has 2 aromatic rings. The van der Waals surface area contributed by atoms with Crippen molar-refractivity contribution < 1.29 is 47.5 Å². The number of carbonyl (C=O) groups excluding carboxylic acids is 2. The van der Waals surface area contributed by atoms with E-state index in [1.807, 2.05) is 107 Å². The van der Waals surface area contributed by atoms with E-state index < -0.39 is 47.6 Å². The van der Waals surface area contributed by atoms with Crippen LogP contribution < -0.4 is 4.74 Å². The van der Waals surface area contributed by atoms with Crippen molar-refractivity contribution in [2.45, 2.75) is 110 Å². The fourth-order valence-corrected chi connectivity index (χ4v) is 6.24. The number of allylic oxidation sites excluding steroid dienone is 4. The van der Waals surface area contributed by atoms with E-state index in [9.17, 15) is 9.59 Å². The number of unbranched alkanes of at least 4 members (excludes halogenated alkanes) is 1. The Morgan fingerprint density at radius 1 is 0.926 bits per heavy atom. The zero-order valence-corrected chi connectivity index (χ0v) is 33.3. The van der Waals surface area contributed by atoms with Crippen LogP contribution in [-0.2, 0) is 56.0 Å². The molecule has 0 saturated carbocycles. The van der Waals surface area contributed by atoms with Crippen LogP contribution in [0.25, 0.3) is 0 Å². The van der Waals surface area contributed by atoms with Crippen molar-refractivity contribution in [3.05, 3.63) is 114 Å². The summed E-state index contributed by atoms with van der Waals surface area (Å²) in [5.41, 5.74) is 1.63. The summed E-state index contributed by atoms with van der Waals surface area (Å²) in [6.45, 7) is 10.7. The van der Waals surface area contributed by atoms with Gasteiger partial charge in [-0.25, -0.2) is 9.59 Å². The van der Waals surface area contributed by atoms with Crippen molar-refractivity contribution in [2.24, 2.45) is 5.41 Å². The molecule has 0 spiro atoms. The van der Waals surface area contributed by atoms with Crippen LogP contribution in [0.3, 0.4) is 0 Å². The van der Waals surface area contributed by atoms with Crippen LogP contribution in [0.2, 0.25) is 0 Å². The van der Waals surface area contributed by atoms with Gasteiger partial charge in [-0.1, -0.05) is 107 Å². The Morgan fingerprint density at radius 3 is 2.30 bits per heavy atom. The molecule has 0 aromatic heterocycles. The number of rotatable bonds is 22. The second-order valence-corrected chi connectivity index (χ2v) is 13.7. The molecule has 0 N–H and O–H groups in total. The van der Waals surface area contributed by atoms with Crippen LogP contribution in [0.4, 0.5) is 0 Å². The lowest BCUT2D eigenvalue weighted by atomic mass is 9.74. The molecule has 1 saturated heterocycles. The van der Waals surface area contributed by atoms with Gasteiger partial charge in [0.25, 0.3) is 0 Å². The van der Waals surface area contributed by atoms with Crippen molar-refractivity contribution in [2.75, 3.05) is 28.1 Å². The monoisotopic (exact) mass is 748 g/mol. The maximum Gasteiger partial charge on any atom is 0.331 e. The average molecular weight is 749 g/mol. The maximum absolute atomic E-state index is 13.3. The zero-order chi connectivity index (χ0) is 39.4. The van der Waals surface area contributed by atoms with Gasteiger partial charge in [0, 0.05) is 31.1 Å². The molecule has 54 heavy (non-hydrogen) atoms. The molecule has 1 fully saturated rings. The van der Waals surface area contributed by atoms with E-state index in [1.54, 1.807) is 13.2 Å². The van der Waals surface area contributed by atoms with Crippen molar-refractivity contribution >= 4 is 11.9 Å². The second-order valence-electron chi connectivity index (χ2n) is 13.7. The normalized spacial score (nSPS) is 21.1. The van der Waals surface area contributed by atoms with Gasteiger partial charge in [0.15, 0.2) is 6.10 Å². The van der Waals surface area contributed by atoms with Crippen molar-refractivity contribution in [3.8, 4) is 5.75 Å². The molecule has 0 radical (unpaired) electrons. The highest BCUT2D eigenvalue weighted by molar-refractivity contribution is 5.84. The van der Waals surface area contributed by atoms with Gasteiger partial charge < -0.3 is 37.9 Å². The lowest BCUT2D eigenvalue weighted by molar-refractivity contribution is -0.338. The molecule has 0 aliphatic carbocycles. The summed E-state index contributed by atoms with van der Waals surface area (Å²) in [7, 11) is 4.46. The molecule has 3 rings (SSSR count). The summed E-state index contributed by atoms with van der Waals surface area (Å²) in [5, 5.41) is 0. The quantitative estimate of drug-likeness (QED) is 0.0290. The molecule has 5 atom stereocenters. The highest BCUT2D eigenvalue weighted by Crippen LogP contribution is 2.49. The maximum atomic E-state index is 13.3. The minimum absolute atomic E-state index is 0.0491. The third-order valence-corrected chi connectivity index (χ3v) is 9.30. The van der Waals surface area contributed by atoms with Gasteiger partial charge in [-0.3, -0.25) is 0 Å². The SMILES string of the molecule is CC/C=C/C(C)(C)[C@]1(OC)O[C@H](C[C@@H](OCc2ccc(OC)cc2)[C@@H](C)OCOCc2ccccc2)C/C(=C\C(=O)OC)[C@@H]1OC(=O)/C=C/C=C/CCC. The smallest absolute Gasteiger partial charge is 0.331 e. The molecule has 296 valence electrons. The molecule has 0 unspecified atom stereocenters. The van der Waals surface area contributed by atoms with E-state index in [0.29, 0.717) is 25.2 Å². The average Bonchev–Trinajstić information content (AvgIpc) is 3.18. The van der Waals surface area contributed by atoms with E-state index in [-0.39, 0.29) is 13.2 Å². The topological polar surface area (TPSA) is 108 Å². The molecule has 1 aliphatic rings. The van der Waals surface area contributed by atoms with Crippen LogP contribution in [-0.4, -0.2) is 70.3 Å². The molecule has 0 bridgehead atoms. The van der Waals surface area contributed by atoms with E-state index in [2.05, 4.69) is 6.92 Å². The van der Waals surface area contributed by atoms with E-state index >= 15 is 0 Å². The third kappa shape index (κ3) is 13.4. The third-order valence-electron chi connectivity index (χ3n) is 9.30. The van der Waals surface area contributed by atoms with Gasteiger partial charge >= 0.3 is 11.9 Å².